The van der Waals surface area contributed by atoms with Crippen molar-refractivity contribution < 1.29 is 38.1 Å². The lowest BCUT2D eigenvalue weighted by atomic mass is 10.0. The number of aromatic nitrogens is 10. The van der Waals surface area contributed by atoms with Crippen molar-refractivity contribution >= 4 is 63.6 Å². The summed E-state index contributed by atoms with van der Waals surface area (Å²) in [6.45, 7) is 40.6. The van der Waals surface area contributed by atoms with Crippen molar-refractivity contribution in [3.63, 3.8) is 0 Å². The Morgan fingerprint density at radius 3 is 1.28 bits per heavy atom. The van der Waals surface area contributed by atoms with Gasteiger partial charge in [0.25, 0.3) is 11.8 Å². The molecule has 0 aliphatic carbocycles. The van der Waals surface area contributed by atoms with Crippen molar-refractivity contribution in [2.45, 2.75) is 169 Å². The standard InChI is InChI=1S/2C29H43N7O4Si/c2*1-9-23-24(27(37)32-22-10-12-34(13-11-22)28(38)40-29(3,4)5)33-36(19-39-14-15-41(6,7)8)25(23)21-16-20(2)26-30-18-31-35(26)17-21/h2*9,16-18,22H,1,10-15,19H2,2-8H3,(H,32,37). The van der Waals surface area contributed by atoms with Gasteiger partial charge in [-0.25, -0.2) is 38.0 Å². The number of aryl methyl sites for hydroxylation is 2. The molecule has 4 amide bonds. The number of likely N-dealkylation sites (tertiary alicyclic amines) is 2. The van der Waals surface area contributed by atoms with Crippen LogP contribution in [-0.4, -0.2) is 161 Å². The van der Waals surface area contributed by atoms with Gasteiger partial charge in [0.1, 0.15) is 37.3 Å². The summed E-state index contributed by atoms with van der Waals surface area (Å²) in [6, 6.07) is 5.90. The molecule has 24 heteroatoms. The molecule has 2 aliphatic heterocycles. The number of nitrogens with one attached hydrogen (secondary N) is 2. The molecule has 2 fully saturated rings. The van der Waals surface area contributed by atoms with Crippen LogP contribution < -0.4 is 10.6 Å². The number of ether oxygens (including phenoxy) is 4. The molecule has 6 aromatic rings. The molecule has 0 unspecified atom stereocenters. The van der Waals surface area contributed by atoms with E-state index in [1.807, 2.05) is 79.9 Å². The van der Waals surface area contributed by atoms with E-state index in [1.54, 1.807) is 40.3 Å². The number of piperidine rings is 2. The van der Waals surface area contributed by atoms with Crippen molar-refractivity contribution in [3.8, 4) is 22.5 Å². The van der Waals surface area contributed by atoms with Gasteiger partial charge in [-0.3, -0.25) is 9.59 Å². The molecular formula is C58H86N14O8Si2. The second kappa shape index (κ2) is 26.0. The minimum absolute atomic E-state index is 0.0887. The number of fused-ring (bicyclic) bond motifs is 2. The first-order chi connectivity index (χ1) is 38.5. The minimum Gasteiger partial charge on any atom is -0.444 e. The lowest BCUT2D eigenvalue weighted by Crippen LogP contribution is -2.48. The summed E-state index contributed by atoms with van der Waals surface area (Å²) in [5, 5.41) is 24.3. The van der Waals surface area contributed by atoms with Crippen LogP contribution in [0.15, 0.2) is 50.3 Å². The zero-order chi connectivity index (χ0) is 59.9. The van der Waals surface area contributed by atoms with E-state index in [-0.39, 0.29) is 60.9 Å². The third kappa shape index (κ3) is 16.6. The first kappa shape index (κ1) is 62.6. The van der Waals surface area contributed by atoms with Gasteiger partial charge >= 0.3 is 12.2 Å². The average molecular weight is 1160 g/mol. The van der Waals surface area contributed by atoms with Crippen LogP contribution in [0.4, 0.5) is 9.59 Å². The Hall–Kier alpha value is -7.03. The maximum Gasteiger partial charge on any atom is 0.410 e. The Kier molecular flexibility index (Phi) is 19.9. The Morgan fingerprint density at radius 2 is 0.963 bits per heavy atom. The third-order valence-electron chi connectivity index (χ3n) is 13.9. The third-order valence-corrected chi connectivity index (χ3v) is 17.3. The maximum atomic E-state index is 13.6. The number of carbonyl (C=O) groups excluding carboxylic acids is 4. The fraction of sp³-hybridized carbons (Fsp3) is 0.552. The van der Waals surface area contributed by atoms with Gasteiger partial charge in [-0.1, -0.05) is 64.6 Å². The maximum absolute atomic E-state index is 13.6. The normalized spacial score (nSPS) is 14.9. The Morgan fingerprint density at radius 1 is 0.610 bits per heavy atom. The largest absolute Gasteiger partial charge is 0.444 e. The molecule has 6 aromatic heterocycles. The van der Waals surface area contributed by atoms with Gasteiger partial charge in [-0.05, 0) is 116 Å². The first-order valence-corrected chi connectivity index (χ1v) is 35.7. The Bertz CT molecular complexity index is 3030. The van der Waals surface area contributed by atoms with Crippen molar-refractivity contribution in [1.82, 2.24) is 69.2 Å². The van der Waals surface area contributed by atoms with Crippen molar-refractivity contribution in [1.29, 1.82) is 0 Å². The van der Waals surface area contributed by atoms with E-state index in [1.165, 1.54) is 12.7 Å². The van der Waals surface area contributed by atoms with E-state index < -0.39 is 27.3 Å². The van der Waals surface area contributed by atoms with Crippen molar-refractivity contribution in [3.05, 3.63) is 84.0 Å². The molecule has 82 heavy (non-hydrogen) atoms. The molecule has 2 aliphatic rings. The van der Waals surface area contributed by atoms with E-state index in [0.29, 0.717) is 76.2 Å². The molecule has 22 nitrogen and oxygen atoms in total. The van der Waals surface area contributed by atoms with E-state index in [9.17, 15) is 19.2 Å². The first-order valence-electron chi connectivity index (χ1n) is 28.3. The predicted molar refractivity (Wildman–Crippen MR) is 323 cm³/mol. The van der Waals surface area contributed by atoms with Crippen LogP contribution in [0, 0.1) is 13.8 Å². The van der Waals surface area contributed by atoms with Crippen LogP contribution in [0.1, 0.15) is 110 Å². The van der Waals surface area contributed by atoms with Gasteiger partial charge in [0.05, 0.1) is 11.4 Å². The van der Waals surface area contributed by atoms with Crippen LogP contribution in [0.3, 0.4) is 0 Å². The minimum atomic E-state index is -1.27. The molecule has 0 spiro atoms. The van der Waals surface area contributed by atoms with Gasteiger partial charge in [0, 0.05) is 102 Å². The van der Waals surface area contributed by atoms with E-state index >= 15 is 0 Å². The van der Waals surface area contributed by atoms with Crippen LogP contribution in [0.5, 0.6) is 0 Å². The number of hydrogen-bond acceptors (Lipinski definition) is 14. The molecule has 8 rings (SSSR count). The van der Waals surface area contributed by atoms with Gasteiger partial charge in [-0.2, -0.15) is 20.4 Å². The number of nitrogens with zero attached hydrogens (tertiary/aromatic N) is 12. The number of rotatable bonds is 18. The number of pyridine rings is 2. The lowest BCUT2D eigenvalue weighted by molar-refractivity contribution is 0.0187. The molecule has 0 radical (unpaired) electrons. The van der Waals surface area contributed by atoms with Crippen molar-refractivity contribution in [2.75, 3.05) is 39.4 Å². The molecule has 444 valence electrons. The SMILES string of the molecule is C=Cc1c(C(=O)NC2CCN(C(=O)OC(C)(C)C)CC2)nn(COCC[Si](C)(C)C)c1-c1cc(C)c2ncnn2c1.C=Cc1c(C(=O)NC2CCN(C(=O)OC(C)(C)C)CC2)nn(COCC[Si](C)(C)C)c1-c1cc(C)c2ncnn2c1. The van der Waals surface area contributed by atoms with E-state index in [4.69, 9.17) is 29.1 Å². The highest BCUT2D eigenvalue weighted by Crippen LogP contribution is 2.32. The summed E-state index contributed by atoms with van der Waals surface area (Å²) in [5.41, 5.74) is 7.30. The number of carbonyl (C=O) groups is 4. The fourth-order valence-corrected chi connectivity index (χ4v) is 11.1. The fourth-order valence-electron chi connectivity index (χ4n) is 9.55. The second-order valence-corrected chi connectivity index (χ2v) is 36.9. The highest BCUT2D eigenvalue weighted by Gasteiger charge is 2.32. The van der Waals surface area contributed by atoms with Crippen LogP contribution >= 0.6 is 0 Å². The summed E-state index contributed by atoms with van der Waals surface area (Å²) in [7, 11) is -2.54. The Labute approximate surface area is 484 Å². The molecule has 8 heterocycles. The number of amides is 4. The summed E-state index contributed by atoms with van der Waals surface area (Å²) in [4.78, 5) is 64.1. The van der Waals surface area contributed by atoms with Crippen molar-refractivity contribution in [2.24, 2.45) is 0 Å². The van der Waals surface area contributed by atoms with Gasteiger partial charge < -0.3 is 39.4 Å². The Balaban J connectivity index is 0.000000236. The lowest BCUT2D eigenvalue weighted by Gasteiger charge is -2.33. The average Bonchev–Trinajstić information content (AvgIpc) is 4.33. The van der Waals surface area contributed by atoms with Gasteiger partial charge in [0.15, 0.2) is 22.7 Å². The molecule has 2 saturated heterocycles. The zero-order valence-corrected chi connectivity index (χ0v) is 52.7. The van der Waals surface area contributed by atoms with Crippen LogP contribution in [0.25, 0.3) is 46.0 Å². The molecular weight excluding hydrogens is 1080 g/mol. The van der Waals surface area contributed by atoms with Crippen LogP contribution in [-0.2, 0) is 32.4 Å². The highest BCUT2D eigenvalue weighted by molar-refractivity contribution is 6.76. The highest BCUT2D eigenvalue weighted by atomic mass is 28.3. The summed E-state index contributed by atoms with van der Waals surface area (Å²) in [6.07, 6.45) is 12.0. The number of hydrogen-bond donors (Lipinski definition) is 2. The van der Waals surface area contributed by atoms with Gasteiger partial charge in [0.2, 0.25) is 0 Å². The molecule has 0 aromatic carbocycles. The molecule has 2 N–H and O–H groups in total. The summed E-state index contributed by atoms with van der Waals surface area (Å²) >= 11 is 0. The molecule has 0 saturated carbocycles. The van der Waals surface area contributed by atoms with E-state index in [2.05, 4.69) is 83.2 Å². The summed E-state index contributed by atoms with van der Waals surface area (Å²) in [5.74, 6) is -0.562. The quantitative estimate of drug-likeness (QED) is 0.0603. The zero-order valence-electron chi connectivity index (χ0n) is 50.7. The summed E-state index contributed by atoms with van der Waals surface area (Å²) < 4.78 is 30.0. The topological polar surface area (TPSA) is 232 Å². The van der Waals surface area contributed by atoms with E-state index in [0.717, 1.165) is 57.0 Å². The monoisotopic (exact) mass is 1160 g/mol. The smallest absolute Gasteiger partial charge is 0.410 e. The molecule has 0 atom stereocenters. The molecule has 0 bridgehead atoms. The van der Waals surface area contributed by atoms with Crippen LogP contribution in [0.2, 0.25) is 51.4 Å². The predicted octanol–water partition coefficient (Wildman–Crippen LogP) is 9.97. The second-order valence-electron chi connectivity index (χ2n) is 25.6. The van der Waals surface area contributed by atoms with Gasteiger partial charge in [-0.15, -0.1) is 0 Å².